The van der Waals surface area contributed by atoms with Crippen LogP contribution in [0.1, 0.15) is 40.6 Å². The third-order valence-electron chi connectivity index (χ3n) is 6.66. The second-order valence-corrected chi connectivity index (χ2v) is 11.0. The number of hydrogen-bond donors (Lipinski definition) is 3. The van der Waals surface area contributed by atoms with Crippen molar-refractivity contribution in [2.45, 2.75) is 50.0 Å². The van der Waals surface area contributed by atoms with E-state index in [0.717, 1.165) is 32.0 Å². The van der Waals surface area contributed by atoms with Crippen molar-refractivity contribution in [3.8, 4) is 5.69 Å². The fourth-order valence-corrected chi connectivity index (χ4v) is 5.56. The summed E-state index contributed by atoms with van der Waals surface area (Å²) >= 11 is 8.15. The van der Waals surface area contributed by atoms with Gasteiger partial charge in [-0.3, -0.25) is 4.68 Å². The second kappa shape index (κ2) is 11.4. The molecule has 1 aliphatic heterocycles. The molecule has 0 saturated carbocycles. The van der Waals surface area contributed by atoms with Gasteiger partial charge in [-0.15, -0.1) is 0 Å². The number of aliphatic hydroxyl groups is 3. The number of aryl methyl sites for hydroxylation is 1. The monoisotopic (exact) mass is 689 g/mol. The lowest BCUT2D eigenvalue weighted by Gasteiger charge is -2.42. The van der Waals surface area contributed by atoms with Crippen molar-refractivity contribution in [2.75, 3.05) is 6.61 Å². The van der Waals surface area contributed by atoms with Crippen LogP contribution in [0, 0.1) is 10.5 Å². The Bertz CT molecular complexity index is 1500. The lowest BCUT2D eigenvalue weighted by molar-refractivity contribution is -0.210. The van der Waals surface area contributed by atoms with E-state index in [4.69, 9.17) is 16.3 Å². The molecule has 0 spiro atoms. The Hall–Kier alpha value is -2.56. The Morgan fingerprint density at radius 3 is 2.48 bits per heavy atom. The number of aromatic nitrogens is 5. The summed E-state index contributed by atoms with van der Waals surface area (Å²) in [4.78, 5) is 4.28. The van der Waals surface area contributed by atoms with E-state index < -0.39 is 54.5 Å². The highest BCUT2D eigenvalue weighted by Crippen LogP contribution is 2.41. The van der Waals surface area contributed by atoms with Crippen molar-refractivity contribution in [1.82, 2.24) is 24.5 Å². The molecule has 2 unspecified atom stereocenters. The summed E-state index contributed by atoms with van der Waals surface area (Å²) < 4.78 is 50.7. The van der Waals surface area contributed by atoms with Gasteiger partial charge >= 0.3 is 6.18 Å². The molecule has 4 aromatic rings. The molecule has 0 bridgehead atoms. The molecule has 40 heavy (non-hydrogen) atoms. The number of aliphatic hydroxyl groups excluding tert-OH is 3. The second-order valence-electron chi connectivity index (χ2n) is 9.40. The van der Waals surface area contributed by atoms with Gasteiger partial charge in [-0.25, -0.2) is 9.67 Å². The molecular weight excluding hydrogens is 666 g/mol. The standard InChI is InChI=1S/C26H24ClF3IN5O4/c1-13-32-25(36(33-13)19-10-15(27)7-8-16(19)26(28,29)30)24-23(39)21(22(38)20(12-37)40-24)35-11-17(31)18(34-35)9-14-5-3-2-4-6-14/h2-8,10-11,20-24,37-39H,9,12H2,1H3/t20?,21-,22-,23?,24+/m0/s1. The Morgan fingerprint density at radius 2 is 1.80 bits per heavy atom. The highest BCUT2D eigenvalue weighted by molar-refractivity contribution is 14.1. The van der Waals surface area contributed by atoms with Crippen LogP contribution in [-0.2, 0) is 17.3 Å². The molecule has 0 aliphatic carbocycles. The fraction of sp³-hybridized carbons (Fsp3) is 0.346. The summed E-state index contributed by atoms with van der Waals surface area (Å²) in [5.41, 5.74) is 0.280. The first kappa shape index (κ1) is 29.0. The fourth-order valence-electron chi connectivity index (χ4n) is 4.81. The third kappa shape index (κ3) is 5.63. The van der Waals surface area contributed by atoms with E-state index in [1.165, 1.54) is 11.6 Å². The largest absolute Gasteiger partial charge is 0.418 e. The van der Waals surface area contributed by atoms with Crippen molar-refractivity contribution in [3.63, 3.8) is 0 Å². The number of ether oxygens (including phenoxy) is 1. The van der Waals surface area contributed by atoms with Gasteiger partial charge in [0.25, 0.3) is 0 Å². The quantitative estimate of drug-likeness (QED) is 0.262. The number of hydrogen-bond acceptors (Lipinski definition) is 7. The van der Waals surface area contributed by atoms with Crippen molar-refractivity contribution in [2.24, 2.45) is 0 Å². The number of halogens is 5. The van der Waals surface area contributed by atoms with Crippen LogP contribution >= 0.6 is 34.2 Å². The van der Waals surface area contributed by atoms with Crippen LogP contribution < -0.4 is 0 Å². The molecule has 1 fully saturated rings. The number of benzene rings is 2. The van der Waals surface area contributed by atoms with Crippen molar-refractivity contribution >= 4 is 34.2 Å². The summed E-state index contributed by atoms with van der Waals surface area (Å²) in [5, 5.41) is 41.4. The maximum absolute atomic E-state index is 13.9. The van der Waals surface area contributed by atoms with E-state index in [-0.39, 0.29) is 16.7 Å². The summed E-state index contributed by atoms with van der Waals surface area (Å²) in [6.45, 7) is 0.850. The molecule has 2 aromatic heterocycles. The predicted octanol–water partition coefficient (Wildman–Crippen LogP) is 4.04. The van der Waals surface area contributed by atoms with Crippen LogP contribution in [-0.4, -0.2) is 64.8 Å². The molecule has 3 heterocycles. The maximum atomic E-state index is 13.9. The summed E-state index contributed by atoms with van der Waals surface area (Å²) in [7, 11) is 0. The zero-order chi connectivity index (χ0) is 28.8. The smallest absolute Gasteiger partial charge is 0.394 e. The Balaban J connectivity index is 1.56. The van der Waals surface area contributed by atoms with Crippen molar-refractivity contribution in [1.29, 1.82) is 0 Å². The average molecular weight is 690 g/mol. The van der Waals surface area contributed by atoms with Crippen LogP contribution in [0.4, 0.5) is 13.2 Å². The average Bonchev–Trinajstić information content (AvgIpc) is 3.46. The Kier molecular flexibility index (Phi) is 8.23. The molecular formula is C26H24ClF3IN5O4. The van der Waals surface area contributed by atoms with Crippen LogP contribution in [0.15, 0.2) is 54.7 Å². The lowest BCUT2D eigenvalue weighted by atomic mass is 9.92. The zero-order valence-corrected chi connectivity index (χ0v) is 23.8. The zero-order valence-electron chi connectivity index (χ0n) is 20.9. The molecule has 2 aromatic carbocycles. The van der Waals surface area contributed by atoms with E-state index in [1.807, 2.05) is 30.3 Å². The highest BCUT2D eigenvalue weighted by Gasteiger charge is 2.48. The van der Waals surface area contributed by atoms with E-state index in [0.29, 0.717) is 12.1 Å². The van der Waals surface area contributed by atoms with Gasteiger partial charge in [0.2, 0.25) is 0 Å². The molecule has 3 N–H and O–H groups in total. The Labute approximate surface area is 245 Å². The number of nitrogens with zero attached hydrogens (tertiary/aromatic N) is 5. The van der Waals surface area contributed by atoms with E-state index in [9.17, 15) is 28.5 Å². The van der Waals surface area contributed by atoms with Gasteiger partial charge in [-0.2, -0.15) is 23.4 Å². The van der Waals surface area contributed by atoms with Crippen molar-refractivity contribution < 1.29 is 33.2 Å². The SMILES string of the molecule is Cc1nc([C@@H]2OC(CO)[C@H](O)[C@H](n3cc(I)c(Cc4ccccc4)n3)C2O)n(-c2cc(Cl)ccc2C(F)(F)F)n1. The minimum atomic E-state index is -4.74. The summed E-state index contributed by atoms with van der Waals surface area (Å²) in [6, 6.07) is 11.5. The maximum Gasteiger partial charge on any atom is 0.418 e. The van der Waals surface area contributed by atoms with Gasteiger partial charge in [0.1, 0.15) is 36.3 Å². The summed E-state index contributed by atoms with van der Waals surface area (Å²) in [5.74, 6) is -0.0413. The highest BCUT2D eigenvalue weighted by atomic mass is 127. The summed E-state index contributed by atoms with van der Waals surface area (Å²) in [6.07, 6.45) is -8.11. The van der Waals surface area contributed by atoms with Crippen LogP contribution in [0.3, 0.4) is 0 Å². The lowest BCUT2D eigenvalue weighted by Crippen LogP contribution is -2.53. The van der Waals surface area contributed by atoms with E-state index in [2.05, 4.69) is 37.8 Å². The van der Waals surface area contributed by atoms with E-state index >= 15 is 0 Å². The van der Waals surface area contributed by atoms with Gasteiger partial charge < -0.3 is 20.1 Å². The predicted molar refractivity (Wildman–Crippen MR) is 146 cm³/mol. The van der Waals surface area contributed by atoms with Gasteiger partial charge in [-0.05, 0) is 53.3 Å². The molecule has 0 radical (unpaired) electrons. The van der Waals surface area contributed by atoms with Gasteiger partial charge in [0.05, 0.1) is 27.1 Å². The molecule has 5 atom stereocenters. The topological polar surface area (TPSA) is 118 Å². The minimum absolute atomic E-state index is 0.0332. The van der Waals surface area contributed by atoms with Crippen LogP contribution in [0.5, 0.6) is 0 Å². The van der Waals surface area contributed by atoms with Crippen molar-refractivity contribution in [3.05, 3.63) is 91.8 Å². The Morgan fingerprint density at radius 1 is 1.07 bits per heavy atom. The minimum Gasteiger partial charge on any atom is -0.394 e. The molecule has 5 rings (SSSR count). The van der Waals surface area contributed by atoms with Gasteiger partial charge in [-0.1, -0.05) is 41.9 Å². The van der Waals surface area contributed by atoms with E-state index in [1.54, 1.807) is 6.20 Å². The number of alkyl halides is 3. The molecule has 1 saturated heterocycles. The third-order valence-corrected chi connectivity index (χ3v) is 7.79. The molecule has 0 amide bonds. The first-order valence-electron chi connectivity index (χ1n) is 12.2. The van der Waals surface area contributed by atoms with Crippen LogP contribution in [0.25, 0.3) is 5.69 Å². The molecule has 9 nitrogen and oxygen atoms in total. The molecule has 14 heteroatoms. The van der Waals surface area contributed by atoms with Crippen LogP contribution in [0.2, 0.25) is 5.02 Å². The normalized spacial score (nSPS) is 23.5. The van der Waals surface area contributed by atoms with Gasteiger partial charge in [0.15, 0.2) is 5.82 Å². The molecule has 1 aliphatic rings. The molecule has 212 valence electrons. The number of rotatable bonds is 6. The van der Waals surface area contributed by atoms with Gasteiger partial charge in [0, 0.05) is 17.6 Å². The first-order chi connectivity index (χ1) is 19.0. The first-order valence-corrected chi connectivity index (χ1v) is 13.6.